The second kappa shape index (κ2) is 5.46. The summed E-state index contributed by atoms with van der Waals surface area (Å²) in [6.45, 7) is 4.58. The minimum atomic E-state index is -0.419. The number of nitrogens with one attached hydrogen (secondary N) is 1. The Bertz CT molecular complexity index is 524. The van der Waals surface area contributed by atoms with E-state index in [0.29, 0.717) is 25.0 Å². The number of esters is 1. The number of hydrogen-bond acceptors (Lipinski definition) is 4. The number of fused-ring (bicyclic) bond motifs is 2. The van der Waals surface area contributed by atoms with Gasteiger partial charge < -0.3 is 14.8 Å². The van der Waals surface area contributed by atoms with Gasteiger partial charge in [-0.1, -0.05) is 37.3 Å². The van der Waals surface area contributed by atoms with Crippen LogP contribution in [0.1, 0.15) is 25.8 Å². The van der Waals surface area contributed by atoms with Gasteiger partial charge >= 0.3 is 5.97 Å². The van der Waals surface area contributed by atoms with Crippen molar-refractivity contribution in [3.05, 3.63) is 35.9 Å². The summed E-state index contributed by atoms with van der Waals surface area (Å²) >= 11 is 0. The van der Waals surface area contributed by atoms with Crippen molar-refractivity contribution in [3.63, 3.8) is 0 Å². The number of carbonyl (C=O) groups is 1. The minimum absolute atomic E-state index is 0.151. The van der Waals surface area contributed by atoms with Gasteiger partial charge in [0.05, 0.1) is 12.0 Å². The molecule has 0 amide bonds. The second-order valence-corrected chi connectivity index (χ2v) is 6.30. The molecule has 2 bridgehead atoms. The van der Waals surface area contributed by atoms with Crippen LogP contribution in [0.4, 0.5) is 0 Å². The maximum absolute atomic E-state index is 12.2. The maximum atomic E-state index is 12.2. The number of benzene rings is 1. The van der Waals surface area contributed by atoms with Gasteiger partial charge in [-0.05, 0) is 12.5 Å². The van der Waals surface area contributed by atoms with Gasteiger partial charge in [0.15, 0.2) is 0 Å². The lowest BCUT2D eigenvalue weighted by atomic mass is 9.81. The molecule has 2 aliphatic heterocycles. The molecule has 0 saturated carbocycles. The highest BCUT2D eigenvalue weighted by Crippen LogP contribution is 2.46. The molecule has 0 aliphatic carbocycles. The van der Waals surface area contributed by atoms with Gasteiger partial charge in [0.2, 0.25) is 0 Å². The average molecular weight is 287 g/mol. The lowest BCUT2D eigenvalue weighted by molar-refractivity contribution is -0.155. The van der Waals surface area contributed by atoms with Crippen LogP contribution in [0.5, 0.6) is 0 Å². The molecule has 1 aromatic carbocycles. The Kier molecular flexibility index (Phi) is 3.80. The van der Waals surface area contributed by atoms with E-state index in [1.54, 1.807) is 0 Å². The van der Waals surface area contributed by atoms with Gasteiger partial charge in [-0.15, -0.1) is 0 Å². The van der Waals surface area contributed by atoms with E-state index in [9.17, 15) is 4.79 Å². The van der Waals surface area contributed by atoms with Crippen LogP contribution in [-0.4, -0.2) is 37.5 Å². The first-order chi connectivity index (χ1) is 10.0. The molecule has 5 atom stereocenters. The van der Waals surface area contributed by atoms with Gasteiger partial charge in [-0.3, -0.25) is 4.79 Å². The zero-order valence-electron chi connectivity index (χ0n) is 12.8. The third-order valence-corrected chi connectivity index (χ3v) is 5.06. The molecular formula is C16H22BNO3. The predicted molar refractivity (Wildman–Crippen MR) is 82.6 cm³/mol. The number of ether oxygens (including phenoxy) is 2. The van der Waals surface area contributed by atoms with E-state index in [2.05, 4.69) is 27.0 Å². The molecule has 1 aromatic rings. The Morgan fingerprint density at radius 1 is 1.38 bits per heavy atom. The highest BCUT2D eigenvalue weighted by atomic mass is 16.5. The molecule has 2 saturated heterocycles. The summed E-state index contributed by atoms with van der Waals surface area (Å²) in [5, 5.41) is 3.54. The molecular weight excluding hydrogens is 265 g/mol. The van der Waals surface area contributed by atoms with Gasteiger partial charge in [0.25, 0.3) is 0 Å². The van der Waals surface area contributed by atoms with E-state index >= 15 is 0 Å². The Morgan fingerprint density at radius 2 is 2.10 bits per heavy atom. The lowest BCUT2D eigenvalue weighted by Crippen LogP contribution is -2.52. The van der Waals surface area contributed by atoms with Crippen LogP contribution in [-0.2, 0) is 20.9 Å². The Hall–Kier alpha value is -1.33. The first-order valence-corrected chi connectivity index (χ1v) is 7.66. The van der Waals surface area contributed by atoms with Crippen molar-refractivity contribution in [1.29, 1.82) is 0 Å². The highest BCUT2D eigenvalue weighted by Gasteiger charge is 2.60. The molecule has 112 valence electrons. The third-order valence-electron chi connectivity index (χ3n) is 5.06. The quantitative estimate of drug-likeness (QED) is 0.658. The standard InChI is InChI=1S/C16H22BNO3/c1-10-14-15(17)21-16(10,11(2)18-14)8-13(19)20-9-12-6-4-3-5-7-12/h3-7,10-11,14-15,18H,8-9,17H2,1-2H3/t10?,11-,14-,15+,16+/m0/s1. The van der Waals surface area contributed by atoms with Crippen LogP contribution in [0.15, 0.2) is 30.3 Å². The Morgan fingerprint density at radius 3 is 2.71 bits per heavy atom. The summed E-state index contributed by atoms with van der Waals surface area (Å²) in [5.41, 5.74) is 0.588. The van der Waals surface area contributed by atoms with Crippen molar-refractivity contribution in [3.8, 4) is 0 Å². The van der Waals surface area contributed by atoms with Crippen LogP contribution in [0.2, 0.25) is 0 Å². The highest BCUT2D eigenvalue weighted by molar-refractivity contribution is 6.12. The molecule has 21 heavy (non-hydrogen) atoms. The van der Waals surface area contributed by atoms with E-state index in [-0.39, 0.29) is 18.0 Å². The SMILES string of the molecule is B[C@@H]1O[C@]2(CC(=O)OCc3ccccc3)C(C)[C@@H]1N[C@H]2C. The molecule has 0 aromatic heterocycles. The molecule has 3 rings (SSSR count). The van der Waals surface area contributed by atoms with Gasteiger partial charge in [0, 0.05) is 24.0 Å². The monoisotopic (exact) mass is 287 g/mol. The topological polar surface area (TPSA) is 47.6 Å². The summed E-state index contributed by atoms with van der Waals surface area (Å²) in [4.78, 5) is 12.2. The fraction of sp³-hybridized carbons (Fsp3) is 0.562. The Labute approximate surface area is 126 Å². The number of morpholine rings is 1. The van der Waals surface area contributed by atoms with Gasteiger partial charge in [0.1, 0.15) is 14.5 Å². The normalized spacial score (nSPS) is 37.6. The summed E-state index contributed by atoms with van der Waals surface area (Å²) in [6.07, 6.45) is 0.315. The van der Waals surface area contributed by atoms with Crippen LogP contribution < -0.4 is 5.32 Å². The molecule has 1 unspecified atom stereocenters. The zero-order valence-corrected chi connectivity index (χ0v) is 12.8. The largest absolute Gasteiger partial charge is 0.461 e. The molecule has 0 radical (unpaired) electrons. The molecule has 4 nitrogen and oxygen atoms in total. The van der Waals surface area contributed by atoms with Crippen molar-refractivity contribution in [2.24, 2.45) is 5.92 Å². The predicted octanol–water partition coefficient (Wildman–Crippen LogP) is 0.844. The fourth-order valence-corrected chi connectivity index (χ4v) is 3.81. The zero-order chi connectivity index (χ0) is 15.0. The van der Waals surface area contributed by atoms with Crippen molar-refractivity contribution in [1.82, 2.24) is 5.32 Å². The minimum Gasteiger partial charge on any atom is -0.461 e. The van der Waals surface area contributed by atoms with Gasteiger partial charge in [-0.25, -0.2) is 0 Å². The second-order valence-electron chi connectivity index (χ2n) is 6.30. The van der Waals surface area contributed by atoms with Crippen molar-refractivity contribution in [2.45, 2.75) is 50.6 Å². The molecule has 2 aliphatic rings. The molecule has 2 fully saturated rings. The van der Waals surface area contributed by atoms with E-state index in [4.69, 9.17) is 9.47 Å². The smallest absolute Gasteiger partial charge is 0.309 e. The third kappa shape index (κ3) is 2.49. The Balaban J connectivity index is 1.62. The first-order valence-electron chi connectivity index (χ1n) is 7.66. The summed E-state index contributed by atoms with van der Waals surface area (Å²) in [7, 11) is 2.07. The van der Waals surface area contributed by atoms with Crippen molar-refractivity contribution < 1.29 is 14.3 Å². The van der Waals surface area contributed by atoms with Crippen molar-refractivity contribution >= 4 is 13.8 Å². The fourth-order valence-electron chi connectivity index (χ4n) is 3.81. The number of hydrogen-bond donors (Lipinski definition) is 1. The van der Waals surface area contributed by atoms with Crippen LogP contribution in [0, 0.1) is 5.92 Å². The maximum Gasteiger partial charge on any atom is 0.309 e. The molecule has 5 heteroatoms. The molecule has 0 spiro atoms. The first kappa shape index (κ1) is 14.6. The molecule has 1 N–H and O–H groups in total. The van der Waals surface area contributed by atoms with E-state index in [0.717, 1.165) is 5.56 Å². The summed E-state index contributed by atoms with van der Waals surface area (Å²) < 4.78 is 11.6. The van der Waals surface area contributed by atoms with E-state index in [1.165, 1.54) is 0 Å². The lowest BCUT2D eigenvalue weighted by Gasteiger charge is -2.36. The summed E-state index contributed by atoms with van der Waals surface area (Å²) in [6, 6.07) is 10.4. The summed E-state index contributed by atoms with van der Waals surface area (Å²) in [5.74, 6) is 0.140. The average Bonchev–Trinajstić information content (AvgIpc) is 2.84. The van der Waals surface area contributed by atoms with Crippen LogP contribution >= 0.6 is 0 Å². The number of rotatable bonds is 4. The van der Waals surface area contributed by atoms with Gasteiger partial charge in [-0.2, -0.15) is 0 Å². The number of carbonyl (C=O) groups excluding carboxylic acids is 1. The van der Waals surface area contributed by atoms with Crippen molar-refractivity contribution in [2.75, 3.05) is 0 Å². The van der Waals surface area contributed by atoms with E-state index in [1.807, 2.05) is 30.3 Å². The van der Waals surface area contributed by atoms with E-state index < -0.39 is 5.60 Å². The van der Waals surface area contributed by atoms with Crippen LogP contribution in [0.3, 0.4) is 0 Å². The molecule has 2 heterocycles. The van der Waals surface area contributed by atoms with Crippen LogP contribution in [0.25, 0.3) is 0 Å².